The molecule has 0 spiro atoms. The maximum atomic E-state index is 12.9. The van der Waals surface area contributed by atoms with Crippen LogP contribution < -0.4 is 0 Å². The van der Waals surface area contributed by atoms with Gasteiger partial charge in [0.05, 0.1) is 0 Å². The third-order valence-corrected chi connectivity index (χ3v) is 13.1. The second kappa shape index (κ2) is 68.7. The molecule has 0 amide bonds. The highest BCUT2D eigenvalue weighted by Crippen LogP contribution is 2.13. The molecule has 0 aliphatic carbocycles. The number of allylic oxidation sites excluding steroid dienone is 32. The summed E-state index contributed by atoms with van der Waals surface area (Å²) >= 11 is 0. The first-order valence-electron chi connectivity index (χ1n) is 32.9. The first-order chi connectivity index (χ1) is 41.0. The quantitative estimate of drug-likeness (QED) is 0.0261. The molecule has 1 unspecified atom stereocenters. The average Bonchev–Trinajstić information content (AvgIpc) is 3.48. The second-order valence-electron chi connectivity index (χ2n) is 20.9. The average molecular weight is 1140 g/mol. The molecule has 0 aromatic carbocycles. The summed E-state index contributed by atoms with van der Waals surface area (Å²) in [5.41, 5.74) is 0. The summed E-state index contributed by atoms with van der Waals surface area (Å²) in [7, 11) is 0. The number of rotatable bonds is 57. The van der Waals surface area contributed by atoms with Gasteiger partial charge < -0.3 is 14.2 Å². The van der Waals surface area contributed by atoms with Gasteiger partial charge in [0.25, 0.3) is 0 Å². The van der Waals surface area contributed by atoms with Crippen molar-refractivity contribution in [3.8, 4) is 0 Å². The maximum absolute atomic E-state index is 12.9. The van der Waals surface area contributed by atoms with Crippen LogP contribution in [0.1, 0.15) is 252 Å². The Morgan fingerprint density at radius 2 is 0.470 bits per heavy atom. The van der Waals surface area contributed by atoms with E-state index >= 15 is 0 Å². The second-order valence-corrected chi connectivity index (χ2v) is 20.9. The Kier molecular flexibility index (Phi) is 64.0. The van der Waals surface area contributed by atoms with Crippen molar-refractivity contribution in [1.82, 2.24) is 0 Å². The summed E-state index contributed by atoms with van der Waals surface area (Å²) in [5.74, 6) is -0.997. The molecule has 0 aliphatic rings. The van der Waals surface area contributed by atoms with Gasteiger partial charge in [-0.1, -0.05) is 267 Å². The van der Waals surface area contributed by atoms with Gasteiger partial charge in [-0.05, 0) is 161 Å². The number of hydrogen-bond acceptors (Lipinski definition) is 6. The zero-order valence-electron chi connectivity index (χ0n) is 52.9. The smallest absolute Gasteiger partial charge is 0.306 e. The van der Waals surface area contributed by atoms with E-state index in [0.29, 0.717) is 12.8 Å². The standard InChI is InChI=1S/C77H118O6/c1-4-7-10-13-16-19-22-24-26-28-30-32-33-34-35-36-37-38-39-40-41-42-43-45-46-48-50-52-55-58-61-64-67-70-76(79)82-73-74(72-81-75(78)69-66-63-60-57-54-21-18-15-12-9-6-3)83-77(80)71-68-65-62-59-56-53-51-49-47-44-31-29-27-25-23-20-17-14-11-8-5-2/h7-8,10-11,15-20,24-27,30-32,34-35,37-38,40-41,43-45,48-51,55,58,74H,4-6,9,12-14,21-23,28-29,33,36,39,42,46-47,52-54,56-57,59-73H2,1-3H3/b10-7-,11-8-,18-15-,19-16-,20-17-,26-24-,27-25-,32-30-,35-34-,38-37-,41-40-,44-31-,45-43-,50-48-,51-49-,58-55-. The highest BCUT2D eigenvalue weighted by atomic mass is 16.6. The Morgan fingerprint density at radius 1 is 0.253 bits per heavy atom. The summed E-state index contributed by atoms with van der Waals surface area (Å²) in [5, 5.41) is 0. The van der Waals surface area contributed by atoms with Gasteiger partial charge in [0, 0.05) is 19.3 Å². The molecule has 462 valence electrons. The predicted octanol–water partition coefficient (Wildman–Crippen LogP) is 23.0. The first-order valence-corrected chi connectivity index (χ1v) is 32.9. The summed E-state index contributed by atoms with van der Waals surface area (Å²) in [6.07, 6.45) is 104. The lowest BCUT2D eigenvalue weighted by molar-refractivity contribution is -0.167. The van der Waals surface area contributed by atoms with Gasteiger partial charge in [-0.25, -0.2) is 0 Å². The van der Waals surface area contributed by atoms with Crippen LogP contribution in [0.15, 0.2) is 194 Å². The van der Waals surface area contributed by atoms with Crippen molar-refractivity contribution in [3.63, 3.8) is 0 Å². The molecule has 1 atom stereocenters. The lowest BCUT2D eigenvalue weighted by Gasteiger charge is -2.18. The number of ether oxygens (including phenoxy) is 3. The number of carbonyl (C=O) groups is 3. The molecule has 0 bridgehead atoms. The van der Waals surface area contributed by atoms with Gasteiger partial charge in [0.1, 0.15) is 13.2 Å². The van der Waals surface area contributed by atoms with E-state index in [1.54, 1.807) is 0 Å². The van der Waals surface area contributed by atoms with Crippen LogP contribution in [0.2, 0.25) is 0 Å². The fourth-order valence-electron chi connectivity index (χ4n) is 8.18. The maximum Gasteiger partial charge on any atom is 0.306 e. The molecule has 0 aromatic heterocycles. The van der Waals surface area contributed by atoms with E-state index < -0.39 is 6.10 Å². The van der Waals surface area contributed by atoms with E-state index in [4.69, 9.17) is 14.2 Å². The van der Waals surface area contributed by atoms with Crippen molar-refractivity contribution in [2.45, 2.75) is 258 Å². The van der Waals surface area contributed by atoms with Crippen molar-refractivity contribution in [1.29, 1.82) is 0 Å². The number of carbonyl (C=O) groups excluding carboxylic acids is 3. The molecule has 0 aliphatic heterocycles. The van der Waals surface area contributed by atoms with Gasteiger partial charge in [0.2, 0.25) is 0 Å². The van der Waals surface area contributed by atoms with Crippen molar-refractivity contribution in [2.75, 3.05) is 13.2 Å². The van der Waals surface area contributed by atoms with Gasteiger partial charge in [0.15, 0.2) is 6.10 Å². The minimum Gasteiger partial charge on any atom is -0.462 e. The topological polar surface area (TPSA) is 78.9 Å². The van der Waals surface area contributed by atoms with E-state index in [0.717, 1.165) is 180 Å². The van der Waals surface area contributed by atoms with Crippen molar-refractivity contribution in [3.05, 3.63) is 194 Å². The molecule has 6 nitrogen and oxygen atoms in total. The number of esters is 3. The van der Waals surface area contributed by atoms with Gasteiger partial charge in [-0.2, -0.15) is 0 Å². The Hall–Kier alpha value is -5.75. The van der Waals surface area contributed by atoms with Crippen LogP contribution in [0.4, 0.5) is 0 Å². The van der Waals surface area contributed by atoms with Gasteiger partial charge >= 0.3 is 17.9 Å². The highest BCUT2D eigenvalue weighted by molar-refractivity contribution is 5.71. The highest BCUT2D eigenvalue weighted by Gasteiger charge is 2.19. The fourth-order valence-corrected chi connectivity index (χ4v) is 8.18. The minimum absolute atomic E-state index is 0.114. The SMILES string of the molecule is CC/C=C\C/C=C\C/C=C\C/C=C\C/C=C\C/C=C\C/C=C\C/C=C\C/C=C\C/C=C\CCCCC(=O)OCC(COC(=O)CCCCCCC/C=C\CCCC)OC(=O)CCCCCCC/C=C\C/C=C\C/C=C\C/C=C\C/C=C\CC. The molecule has 0 saturated heterocycles. The Morgan fingerprint density at radius 3 is 0.771 bits per heavy atom. The van der Waals surface area contributed by atoms with Gasteiger partial charge in [-0.15, -0.1) is 0 Å². The van der Waals surface area contributed by atoms with Crippen LogP contribution >= 0.6 is 0 Å². The van der Waals surface area contributed by atoms with Gasteiger partial charge in [-0.3, -0.25) is 14.4 Å². The molecule has 0 radical (unpaired) electrons. The first kappa shape index (κ1) is 77.2. The summed E-state index contributed by atoms with van der Waals surface area (Å²) in [6.45, 7) is 6.30. The fraction of sp³-hybridized carbons (Fsp3) is 0.545. The molecule has 0 rings (SSSR count). The normalized spacial score (nSPS) is 13.4. The molecule has 0 fully saturated rings. The van der Waals surface area contributed by atoms with Crippen molar-refractivity contribution in [2.24, 2.45) is 0 Å². The Labute approximate surface area is 509 Å². The predicted molar refractivity (Wildman–Crippen MR) is 361 cm³/mol. The van der Waals surface area contributed by atoms with Crippen molar-refractivity contribution >= 4 is 17.9 Å². The van der Waals surface area contributed by atoms with E-state index in [1.165, 1.54) is 25.7 Å². The Bertz CT molecular complexity index is 1990. The largest absolute Gasteiger partial charge is 0.462 e. The summed E-state index contributed by atoms with van der Waals surface area (Å²) in [6, 6.07) is 0. The van der Waals surface area contributed by atoms with Crippen LogP contribution in [0.25, 0.3) is 0 Å². The van der Waals surface area contributed by atoms with Crippen molar-refractivity contribution < 1.29 is 28.6 Å². The lowest BCUT2D eigenvalue weighted by Crippen LogP contribution is -2.30. The van der Waals surface area contributed by atoms with Crippen LogP contribution in [-0.2, 0) is 28.6 Å². The van der Waals surface area contributed by atoms with Crippen LogP contribution in [0.5, 0.6) is 0 Å². The molecule has 0 aromatic rings. The number of hydrogen-bond donors (Lipinski definition) is 0. The zero-order chi connectivity index (χ0) is 59.9. The molecule has 0 heterocycles. The van der Waals surface area contributed by atoms with E-state index in [1.807, 2.05) is 0 Å². The number of unbranched alkanes of at least 4 members (excludes halogenated alkanes) is 14. The molecular formula is C77H118O6. The lowest BCUT2D eigenvalue weighted by atomic mass is 10.1. The van der Waals surface area contributed by atoms with Crippen LogP contribution in [0, 0.1) is 0 Å². The third kappa shape index (κ3) is 66.9. The van der Waals surface area contributed by atoms with E-state index in [9.17, 15) is 14.4 Å². The Balaban J connectivity index is 4.43. The minimum atomic E-state index is -0.822. The van der Waals surface area contributed by atoms with E-state index in [2.05, 4.69) is 215 Å². The molecule has 0 saturated carbocycles. The summed E-state index contributed by atoms with van der Waals surface area (Å²) < 4.78 is 16.8. The van der Waals surface area contributed by atoms with Crippen LogP contribution in [0.3, 0.4) is 0 Å². The molecule has 6 heteroatoms. The molecule has 83 heavy (non-hydrogen) atoms. The molecular weight excluding hydrogens is 1020 g/mol. The summed E-state index contributed by atoms with van der Waals surface area (Å²) in [4.78, 5) is 38.3. The molecule has 0 N–H and O–H groups in total. The van der Waals surface area contributed by atoms with E-state index in [-0.39, 0.29) is 44.0 Å². The van der Waals surface area contributed by atoms with Crippen LogP contribution in [-0.4, -0.2) is 37.2 Å². The monoisotopic (exact) mass is 1140 g/mol. The zero-order valence-corrected chi connectivity index (χ0v) is 52.9. The third-order valence-electron chi connectivity index (χ3n) is 13.1.